The zero-order valence-corrected chi connectivity index (χ0v) is 17.1. The predicted octanol–water partition coefficient (Wildman–Crippen LogP) is 3.36. The van der Waals surface area contributed by atoms with Crippen LogP contribution >= 0.6 is 15.9 Å². The number of hydrogen-bond acceptors (Lipinski definition) is 4. The molecule has 0 bridgehead atoms. The first-order valence-electron chi connectivity index (χ1n) is 9.95. The molecule has 4 rings (SSSR count). The minimum Gasteiger partial charge on any atom is -0.461 e. The van der Waals surface area contributed by atoms with Gasteiger partial charge in [-0.1, -0.05) is 53.6 Å². The average Bonchev–Trinajstić information content (AvgIpc) is 2.92. The van der Waals surface area contributed by atoms with Crippen LogP contribution in [0.5, 0.6) is 0 Å². The van der Waals surface area contributed by atoms with Gasteiger partial charge in [-0.25, -0.2) is 0 Å². The average molecular weight is 425 g/mol. The number of aliphatic hydroxyl groups is 2. The number of hydrogen-bond donors (Lipinski definition) is 2. The molecule has 0 aromatic carbocycles. The van der Waals surface area contributed by atoms with E-state index in [1.54, 1.807) is 0 Å². The van der Waals surface area contributed by atoms with E-state index in [9.17, 15) is 15.0 Å². The smallest absolute Gasteiger partial charge is 0.305 e. The van der Waals surface area contributed by atoms with Gasteiger partial charge in [0.05, 0.1) is 17.0 Å². The number of aliphatic hydroxyl groups excluding tert-OH is 2. The number of fused-ring (bicyclic) bond motifs is 5. The highest BCUT2D eigenvalue weighted by Crippen LogP contribution is 2.61. The third-order valence-corrected chi connectivity index (χ3v) is 8.39. The summed E-state index contributed by atoms with van der Waals surface area (Å²) < 4.78 is 5.78. The van der Waals surface area contributed by atoms with Crippen LogP contribution in [-0.2, 0) is 9.53 Å². The van der Waals surface area contributed by atoms with Crippen molar-refractivity contribution in [2.24, 2.45) is 29.1 Å². The lowest BCUT2D eigenvalue weighted by Crippen LogP contribution is -2.52. The van der Waals surface area contributed by atoms with Crippen molar-refractivity contribution in [3.05, 3.63) is 23.8 Å². The second kappa shape index (κ2) is 6.75. The fourth-order valence-corrected chi connectivity index (χ4v) is 7.20. The topological polar surface area (TPSA) is 66.8 Å². The van der Waals surface area contributed by atoms with Crippen LogP contribution < -0.4 is 0 Å². The number of ether oxygens (including phenoxy) is 1. The Morgan fingerprint density at radius 1 is 1.35 bits per heavy atom. The number of rotatable bonds is 2. The highest BCUT2D eigenvalue weighted by atomic mass is 79.9. The second-order valence-corrected chi connectivity index (χ2v) is 9.92. The molecule has 3 fully saturated rings. The Kier molecular flexibility index (Phi) is 4.85. The normalized spacial score (nSPS) is 49.7. The van der Waals surface area contributed by atoms with Crippen molar-refractivity contribution in [1.29, 1.82) is 0 Å². The van der Waals surface area contributed by atoms with Crippen molar-refractivity contribution >= 4 is 21.9 Å². The Hall–Kier alpha value is -0.650. The molecule has 9 atom stereocenters. The van der Waals surface area contributed by atoms with Crippen LogP contribution in [0.1, 0.15) is 46.0 Å². The quantitative estimate of drug-likeness (QED) is 0.405. The number of halogens is 1. The number of allylic oxidation sites excluding steroid dienone is 1. The summed E-state index contributed by atoms with van der Waals surface area (Å²) in [4.78, 5) is 12.0. The summed E-state index contributed by atoms with van der Waals surface area (Å²) >= 11 is 3.76. The first-order chi connectivity index (χ1) is 12.3. The number of esters is 1. The predicted molar refractivity (Wildman–Crippen MR) is 103 cm³/mol. The molecule has 4 aliphatic carbocycles. The van der Waals surface area contributed by atoms with Crippen molar-refractivity contribution in [3.63, 3.8) is 0 Å². The molecule has 0 saturated heterocycles. The largest absolute Gasteiger partial charge is 0.461 e. The van der Waals surface area contributed by atoms with E-state index in [1.165, 1.54) is 5.57 Å². The van der Waals surface area contributed by atoms with Crippen LogP contribution in [0.3, 0.4) is 0 Å². The Labute approximate surface area is 163 Å². The Balaban J connectivity index is 1.62. The van der Waals surface area contributed by atoms with E-state index in [0.29, 0.717) is 30.6 Å². The minimum atomic E-state index is -0.533. The fourth-order valence-electron chi connectivity index (χ4n) is 6.27. The molecular formula is C21H29BrO4. The second-order valence-electron chi connectivity index (χ2n) is 8.74. The molecule has 0 radical (unpaired) electrons. The summed E-state index contributed by atoms with van der Waals surface area (Å²) in [5, 5.41) is 21.0. The van der Waals surface area contributed by atoms with Gasteiger partial charge in [-0.2, -0.15) is 0 Å². The fraction of sp³-hybridized carbons (Fsp3) is 0.762. The standard InChI is InChI=1S/C21H29BrO4/c1-3-18(25)26-20-13-4-5-15-19(14(13)10-16(20)22)17(24)9-11-8-12(23)6-7-21(11,15)2/h6-8,12-17,19-20,23-24H,3-5,9-10H2,1-2H3/t12-,13-,14?,15?,16+,17-,19?,20+,21-/m0/s1. The van der Waals surface area contributed by atoms with Crippen molar-refractivity contribution in [3.8, 4) is 0 Å². The van der Waals surface area contributed by atoms with Crippen molar-refractivity contribution in [2.75, 3.05) is 0 Å². The molecule has 0 aromatic heterocycles. The monoisotopic (exact) mass is 424 g/mol. The van der Waals surface area contributed by atoms with Gasteiger partial charge in [0.25, 0.3) is 0 Å². The highest BCUT2D eigenvalue weighted by molar-refractivity contribution is 9.09. The van der Waals surface area contributed by atoms with Crippen LogP contribution in [0.4, 0.5) is 0 Å². The minimum absolute atomic E-state index is 0.0749. The van der Waals surface area contributed by atoms with Crippen molar-refractivity contribution in [2.45, 2.75) is 69.1 Å². The van der Waals surface area contributed by atoms with Crippen molar-refractivity contribution < 1.29 is 19.7 Å². The molecule has 3 saturated carbocycles. The molecule has 4 nitrogen and oxygen atoms in total. The first kappa shape index (κ1) is 18.7. The molecule has 4 aliphatic rings. The van der Waals surface area contributed by atoms with E-state index in [0.717, 1.165) is 19.3 Å². The summed E-state index contributed by atoms with van der Waals surface area (Å²) in [6.45, 7) is 4.10. The van der Waals surface area contributed by atoms with E-state index in [4.69, 9.17) is 4.74 Å². The molecule has 144 valence electrons. The maximum absolute atomic E-state index is 11.9. The third kappa shape index (κ3) is 2.82. The lowest BCUT2D eigenvalue weighted by atomic mass is 9.50. The molecule has 2 N–H and O–H groups in total. The third-order valence-electron chi connectivity index (χ3n) is 7.50. The summed E-state index contributed by atoms with van der Waals surface area (Å²) in [5.41, 5.74) is 1.11. The van der Waals surface area contributed by atoms with Crippen LogP contribution in [0.2, 0.25) is 0 Å². The summed E-state index contributed by atoms with van der Waals surface area (Å²) in [7, 11) is 0. The lowest BCUT2D eigenvalue weighted by Gasteiger charge is -2.55. The molecule has 0 spiro atoms. The van der Waals surface area contributed by atoms with Gasteiger partial charge in [-0.05, 0) is 43.4 Å². The van der Waals surface area contributed by atoms with Gasteiger partial charge in [0.1, 0.15) is 6.10 Å². The van der Waals surface area contributed by atoms with E-state index in [1.807, 2.05) is 19.1 Å². The van der Waals surface area contributed by atoms with Gasteiger partial charge in [0.2, 0.25) is 0 Å². The van der Waals surface area contributed by atoms with Gasteiger partial charge in [0, 0.05) is 17.8 Å². The molecule has 3 unspecified atom stereocenters. The molecular weight excluding hydrogens is 396 g/mol. The van der Waals surface area contributed by atoms with Crippen LogP contribution in [0.25, 0.3) is 0 Å². The van der Waals surface area contributed by atoms with Gasteiger partial charge >= 0.3 is 5.97 Å². The zero-order valence-electron chi connectivity index (χ0n) is 15.5. The van der Waals surface area contributed by atoms with Crippen LogP contribution in [0, 0.1) is 29.1 Å². The SMILES string of the molecule is CCC(=O)O[C@H]1[C@H](Br)CC2C3C(CC[C@@H]21)[C@@]1(C)C=C[C@H](O)C=C1C[C@@H]3O. The molecule has 0 amide bonds. The molecule has 26 heavy (non-hydrogen) atoms. The van der Waals surface area contributed by atoms with Gasteiger partial charge < -0.3 is 14.9 Å². The van der Waals surface area contributed by atoms with E-state index < -0.39 is 6.10 Å². The van der Waals surface area contributed by atoms with Gasteiger partial charge in [-0.15, -0.1) is 0 Å². The maximum atomic E-state index is 11.9. The summed E-state index contributed by atoms with van der Waals surface area (Å²) in [6.07, 6.45) is 9.04. The first-order valence-corrected chi connectivity index (χ1v) is 10.9. The number of carbonyl (C=O) groups excluding carboxylic acids is 1. The molecule has 0 heterocycles. The van der Waals surface area contributed by atoms with Crippen LogP contribution in [-0.4, -0.2) is 39.3 Å². The summed E-state index contributed by atoms with van der Waals surface area (Å²) in [6, 6.07) is 0. The van der Waals surface area contributed by atoms with E-state index in [2.05, 4.69) is 28.9 Å². The van der Waals surface area contributed by atoms with Crippen molar-refractivity contribution in [1.82, 2.24) is 0 Å². The Morgan fingerprint density at radius 2 is 2.12 bits per heavy atom. The number of alkyl halides is 1. The zero-order chi connectivity index (χ0) is 18.6. The maximum Gasteiger partial charge on any atom is 0.305 e. The Morgan fingerprint density at radius 3 is 2.85 bits per heavy atom. The lowest BCUT2D eigenvalue weighted by molar-refractivity contribution is -0.152. The Bertz CT molecular complexity index is 644. The molecule has 0 aliphatic heterocycles. The molecule has 0 aromatic rings. The van der Waals surface area contributed by atoms with Gasteiger partial charge in [0.15, 0.2) is 0 Å². The highest BCUT2D eigenvalue weighted by Gasteiger charge is 2.59. The van der Waals surface area contributed by atoms with Crippen LogP contribution in [0.15, 0.2) is 23.8 Å². The number of carbonyl (C=O) groups is 1. The van der Waals surface area contributed by atoms with Gasteiger partial charge in [-0.3, -0.25) is 4.79 Å². The van der Waals surface area contributed by atoms with E-state index in [-0.39, 0.29) is 34.3 Å². The summed E-state index contributed by atoms with van der Waals surface area (Å²) in [5.74, 6) is 1.18. The molecule has 5 heteroatoms. The van der Waals surface area contributed by atoms with E-state index >= 15 is 0 Å².